The minimum atomic E-state index is -0.312. The van der Waals surface area contributed by atoms with Gasteiger partial charge in [-0.2, -0.15) is 0 Å². The summed E-state index contributed by atoms with van der Waals surface area (Å²) in [5, 5.41) is 16.8. The number of nitrogens with zero attached hydrogens (tertiary/aromatic N) is 2. The van der Waals surface area contributed by atoms with E-state index in [1.54, 1.807) is 6.07 Å². The highest BCUT2D eigenvalue weighted by Gasteiger charge is 2.27. The average molecular weight is 352 g/mol. The Labute approximate surface area is 148 Å². The number of aromatic nitrogens is 2. The Morgan fingerprint density at radius 2 is 1.88 bits per heavy atom. The lowest BCUT2D eigenvalue weighted by molar-refractivity contribution is -0.115. The SMILES string of the molecule is O=C(CNC(=O)c1ccc2ccccc2c1)Nc1nnc(C2CC2)s1. The zero-order valence-electron chi connectivity index (χ0n) is 13.4. The van der Waals surface area contributed by atoms with Gasteiger partial charge in [-0.15, -0.1) is 10.2 Å². The van der Waals surface area contributed by atoms with Crippen LogP contribution in [0.4, 0.5) is 5.13 Å². The smallest absolute Gasteiger partial charge is 0.251 e. The number of hydrogen-bond donors (Lipinski definition) is 2. The van der Waals surface area contributed by atoms with Crippen molar-refractivity contribution in [2.45, 2.75) is 18.8 Å². The summed E-state index contributed by atoms with van der Waals surface area (Å²) in [5.41, 5.74) is 0.526. The number of nitrogens with one attached hydrogen (secondary N) is 2. The molecule has 1 aliphatic rings. The summed E-state index contributed by atoms with van der Waals surface area (Å²) >= 11 is 1.40. The van der Waals surface area contributed by atoms with Gasteiger partial charge in [-0.05, 0) is 35.7 Å². The molecule has 1 fully saturated rings. The van der Waals surface area contributed by atoms with Crippen LogP contribution in [0.3, 0.4) is 0 Å². The normalized spacial score (nSPS) is 13.6. The Morgan fingerprint density at radius 1 is 1.08 bits per heavy atom. The van der Waals surface area contributed by atoms with Crippen molar-refractivity contribution in [3.63, 3.8) is 0 Å². The van der Waals surface area contributed by atoms with Crippen molar-refractivity contribution < 1.29 is 9.59 Å². The number of fused-ring (bicyclic) bond motifs is 1. The van der Waals surface area contributed by atoms with Crippen molar-refractivity contribution in [2.75, 3.05) is 11.9 Å². The molecule has 0 aliphatic heterocycles. The van der Waals surface area contributed by atoms with E-state index in [1.165, 1.54) is 11.3 Å². The van der Waals surface area contributed by atoms with Crippen molar-refractivity contribution in [3.8, 4) is 0 Å². The summed E-state index contributed by atoms with van der Waals surface area (Å²) in [7, 11) is 0. The predicted octanol–water partition coefficient (Wildman–Crippen LogP) is 2.94. The Kier molecular flexibility index (Phi) is 4.15. The van der Waals surface area contributed by atoms with Crippen molar-refractivity contribution in [1.29, 1.82) is 0 Å². The first-order valence-corrected chi connectivity index (χ1v) is 8.91. The number of rotatable bonds is 5. The van der Waals surface area contributed by atoms with E-state index in [-0.39, 0.29) is 18.4 Å². The molecule has 0 spiro atoms. The largest absolute Gasteiger partial charge is 0.343 e. The molecule has 0 atom stereocenters. The standard InChI is InChI=1S/C18H16N4O2S/c23-15(20-18-22-21-17(25-18)12-6-7-12)10-19-16(24)14-8-5-11-3-1-2-4-13(11)9-14/h1-5,8-9,12H,6-7,10H2,(H,19,24)(H,20,22,23). The third kappa shape index (κ3) is 3.66. The fourth-order valence-corrected chi connectivity index (χ4v) is 3.47. The molecule has 6 nitrogen and oxygen atoms in total. The highest BCUT2D eigenvalue weighted by atomic mass is 32.1. The molecule has 0 bridgehead atoms. The predicted molar refractivity (Wildman–Crippen MR) is 96.8 cm³/mol. The summed E-state index contributed by atoms with van der Waals surface area (Å²) in [5.74, 6) is -0.0831. The third-order valence-electron chi connectivity index (χ3n) is 4.03. The number of hydrogen-bond acceptors (Lipinski definition) is 5. The summed E-state index contributed by atoms with van der Waals surface area (Å²) in [4.78, 5) is 24.2. The number of amides is 2. The summed E-state index contributed by atoms with van der Waals surface area (Å²) < 4.78 is 0. The molecule has 1 aliphatic carbocycles. The van der Waals surface area contributed by atoms with Crippen molar-refractivity contribution in [1.82, 2.24) is 15.5 Å². The highest BCUT2D eigenvalue weighted by Crippen LogP contribution is 2.41. The van der Waals surface area contributed by atoms with Gasteiger partial charge in [-0.1, -0.05) is 41.7 Å². The highest BCUT2D eigenvalue weighted by molar-refractivity contribution is 7.15. The second kappa shape index (κ2) is 6.60. The zero-order valence-corrected chi connectivity index (χ0v) is 14.2. The van der Waals surface area contributed by atoms with Crippen LogP contribution in [0.5, 0.6) is 0 Å². The minimum absolute atomic E-state index is 0.107. The van der Waals surface area contributed by atoms with Crippen molar-refractivity contribution in [3.05, 3.63) is 53.0 Å². The lowest BCUT2D eigenvalue weighted by atomic mass is 10.1. The molecule has 126 valence electrons. The van der Waals surface area contributed by atoms with Crippen molar-refractivity contribution >= 4 is 39.1 Å². The number of carbonyl (C=O) groups is 2. The molecular weight excluding hydrogens is 336 g/mol. The first-order valence-electron chi connectivity index (χ1n) is 8.09. The third-order valence-corrected chi connectivity index (χ3v) is 5.04. The molecular formula is C18H16N4O2S. The van der Waals surface area contributed by atoms with Crippen LogP contribution in [0.25, 0.3) is 10.8 Å². The van der Waals surface area contributed by atoms with Crippen LogP contribution in [0.1, 0.15) is 34.1 Å². The quantitative estimate of drug-likeness (QED) is 0.739. The molecule has 1 aromatic heterocycles. The van der Waals surface area contributed by atoms with Gasteiger partial charge >= 0.3 is 0 Å². The maximum Gasteiger partial charge on any atom is 0.251 e. The van der Waals surface area contributed by atoms with E-state index in [4.69, 9.17) is 0 Å². The van der Waals surface area contributed by atoms with Crippen LogP contribution in [-0.4, -0.2) is 28.6 Å². The number of benzene rings is 2. The molecule has 2 amide bonds. The summed E-state index contributed by atoms with van der Waals surface area (Å²) in [6.45, 7) is -0.107. The first-order chi connectivity index (χ1) is 12.2. The molecule has 0 unspecified atom stereocenters. The minimum Gasteiger partial charge on any atom is -0.343 e. The first kappa shape index (κ1) is 15.7. The molecule has 2 aromatic carbocycles. The van der Waals surface area contributed by atoms with Crippen LogP contribution in [0.15, 0.2) is 42.5 Å². The average Bonchev–Trinajstić information content (AvgIpc) is 3.39. The molecule has 3 aromatic rings. The van der Waals surface area contributed by atoms with Gasteiger partial charge in [0.05, 0.1) is 6.54 Å². The second-order valence-electron chi connectivity index (χ2n) is 6.01. The number of carbonyl (C=O) groups excluding carboxylic acids is 2. The van der Waals surface area contributed by atoms with E-state index >= 15 is 0 Å². The van der Waals surface area contributed by atoms with Gasteiger partial charge in [-0.3, -0.25) is 14.9 Å². The lowest BCUT2D eigenvalue weighted by Gasteiger charge is -2.06. The van der Waals surface area contributed by atoms with Gasteiger partial charge in [-0.25, -0.2) is 0 Å². The molecule has 0 radical (unpaired) electrons. The van der Waals surface area contributed by atoms with Crippen LogP contribution in [0, 0.1) is 0 Å². The van der Waals surface area contributed by atoms with Crippen LogP contribution >= 0.6 is 11.3 Å². The maximum absolute atomic E-state index is 12.2. The fourth-order valence-electron chi connectivity index (χ4n) is 2.54. The van der Waals surface area contributed by atoms with E-state index in [9.17, 15) is 9.59 Å². The number of anilines is 1. The van der Waals surface area contributed by atoms with E-state index in [1.807, 2.05) is 36.4 Å². The molecule has 25 heavy (non-hydrogen) atoms. The Morgan fingerprint density at radius 3 is 2.68 bits per heavy atom. The van der Waals surface area contributed by atoms with E-state index in [0.29, 0.717) is 16.6 Å². The van der Waals surface area contributed by atoms with Crippen LogP contribution in [0.2, 0.25) is 0 Å². The van der Waals surface area contributed by atoms with Gasteiger partial charge < -0.3 is 5.32 Å². The summed E-state index contributed by atoms with van der Waals surface area (Å²) in [6, 6.07) is 13.3. The fraction of sp³-hybridized carbons (Fsp3) is 0.222. The Bertz CT molecular complexity index is 949. The van der Waals surface area contributed by atoms with Crippen LogP contribution < -0.4 is 10.6 Å². The van der Waals surface area contributed by atoms with E-state index in [2.05, 4.69) is 20.8 Å². The maximum atomic E-state index is 12.2. The zero-order chi connectivity index (χ0) is 17.2. The summed E-state index contributed by atoms with van der Waals surface area (Å²) in [6.07, 6.45) is 2.29. The Hall–Kier alpha value is -2.80. The molecule has 2 N–H and O–H groups in total. The van der Waals surface area contributed by atoms with Gasteiger partial charge in [0.25, 0.3) is 5.91 Å². The van der Waals surface area contributed by atoms with Crippen molar-refractivity contribution in [2.24, 2.45) is 0 Å². The van der Waals surface area contributed by atoms with Gasteiger partial charge in [0.2, 0.25) is 11.0 Å². The van der Waals surface area contributed by atoms with E-state index < -0.39 is 0 Å². The second-order valence-corrected chi connectivity index (χ2v) is 7.02. The van der Waals surface area contributed by atoms with Gasteiger partial charge in [0, 0.05) is 11.5 Å². The van der Waals surface area contributed by atoms with Crippen LogP contribution in [-0.2, 0) is 4.79 Å². The topological polar surface area (TPSA) is 84.0 Å². The van der Waals surface area contributed by atoms with E-state index in [0.717, 1.165) is 28.6 Å². The molecule has 4 rings (SSSR count). The molecule has 1 heterocycles. The molecule has 0 saturated heterocycles. The van der Waals surface area contributed by atoms with Gasteiger partial charge in [0.15, 0.2) is 0 Å². The molecule has 1 saturated carbocycles. The Balaban J connectivity index is 1.34. The van der Waals surface area contributed by atoms with Gasteiger partial charge in [0.1, 0.15) is 5.01 Å². The molecule has 7 heteroatoms. The lowest BCUT2D eigenvalue weighted by Crippen LogP contribution is -2.32. The monoisotopic (exact) mass is 352 g/mol.